The normalized spacial score (nSPS) is 14.8. The highest BCUT2D eigenvalue weighted by molar-refractivity contribution is 7.89. The molecule has 1 aliphatic rings. The third kappa shape index (κ3) is 6.49. The molecular weight excluding hydrogens is 546 g/mol. The zero-order valence-electron chi connectivity index (χ0n) is 20.7. The number of likely N-dealkylation sites (N-methyl/N-ethyl adjacent to an activating group) is 1. The Bertz CT molecular complexity index is 1590. The number of aromatic nitrogens is 3. The molecule has 12 nitrogen and oxygen atoms in total. The second-order valence-electron chi connectivity index (χ2n) is 8.58. The maximum atomic E-state index is 13.0. The van der Waals surface area contributed by atoms with E-state index in [1.807, 2.05) is 30.6 Å². The number of carbonyl (C=O) groups is 2. The molecular formula is C25H25N5O7S2. The van der Waals surface area contributed by atoms with E-state index in [9.17, 15) is 23.1 Å². The number of aromatic hydroxyl groups is 1. The van der Waals surface area contributed by atoms with Gasteiger partial charge in [0.05, 0.1) is 22.5 Å². The molecule has 39 heavy (non-hydrogen) atoms. The quantitative estimate of drug-likeness (QED) is 0.252. The molecule has 3 aromatic heterocycles. The van der Waals surface area contributed by atoms with Crippen LogP contribution in [0.1, 0.15) is 0 Å². The van der Waals surface area contributed by atoms with Crippen LogP contribution in [0.2, 0.25) is 0 Å². The molecule has 4 heterocycles. The number of aliphatic carboxylic acids is 2. The van der Waals surface area contributed by atoms with E-state index in [0.29, 0.717) is 49.6 Å². The van der Waals surface area contributed by atoms with Crippen molar-refractivity contribution in [2.45, 2.75) is 4.90 Å². The van der Waals surface area contributed by atoms with Gasteiger partial charge in [0.15, 0.2) is 5.88 Å². The molecule has 0 radical (unpaired) electrons. The molecule has 5 rings (SSSR count). The van der Waals surface area contributed by atoms with Crippen molar-refractivity contribution in [2.75, 3.05) is 33.2 Å². The maximum Gasteiger partial charge on any atom is 0.328 e. The number of thiazole rings is 1. The number of nitrogens with zero attached hydrogens (tertiary/aromatic N) is 4. The number of carboxylic acid groups (broad SMARTS) is 2. The summed E-state index contributed by atoms with van der Waals surface area (Å²) in [7, 11) is -1.61. The molecule has 204 valence electrons. The zero-order valence-corrected chi connectivity index (χ0v) is 22.3. The van der Waals surface area contributed by atoms with E-state index in [4.69, 9.17) is 10.2 Å². The number of nitrogens with one attached hydrogen (secondary N) is 1. The fourth-order valence-electron chi connectivity index (χ4n) is 3.95. The third-order valence-corrected chi connectivity index (χ3v) is 8.44. The lowest BCUT2D eigenvalue weighted by molar-refractivity contribution is -0.134. The first-order valence-electron chi connectivity index (χ1n) is 11.6. The highest BCUT2D eigenvalue weighted by atomic mass is 32.2. The van der Waals surface area contributed by atoms with Crippen molar-refractivity contribution in [3.05, 3.63) is 59.6 Å². The van der Waals surface area contributed by atoms with Crippen LogP contribution in [0, 0.1) is 0 Å². The van der Waals surface area contributed by atoms with Gasteiger partial charge in [-0.15, -0.1) is 11.3 Å². The van der Waals surface area contributed by atoms with Crippen LogP contribution in [-0.2, 0) is 19.6 Å². The van der Waals surface area contributed by atoms with Gasteiger partial charge in [-0.1, -0.05) is 6.07 Å². The monoisotopic (exact) mass is 571 g/mol. The summed E-state index contributed by atoms with van der Waals surface area (Å²) in [5.41, 5.74) is 5.37. The molecule has 1 aliphatic heterocycles. The number of pyridine rings is 1. The summed E-state index contributed by atoms with van der Waals surface area (Å²) in [5, 5.41) is 28.9. The fraction of sp³-hybridized carbons (Fsp3) is 0.200. The van der Waals surface area contributed by atoms with Crippen molar-refractivity contribution < 1.29 is 33.3 Å². The van der Waals surface area contributed by atoms with Crippen LogP contribution in [0.15, 0.2) is 64.5 Å². The first kappa shape index (κ1) is 27.9. The van der Waals surface area contributed by atoms with Gasteiger partial charge in [0.25, 0.3) is 0 Å². The summed E-state index contributed by atoms with van der Waals surface area (Å²) in [6, 6.07) is 8.97. The lowest BCUT2D eigenvalue weighted by atomic mass is 10.1. The first-order chi connectivity index (χ1) is 18.6. The molecule has 1 fully saturated rings. The first-order valence-corrected chi connectivity index (χ1v) is 14.0. The minimum atomic E-state index is -3.59. The van der Waals surface area contributed by atoms with E-state index in [1.54, 1.807) is 17.6 Å². The van der Waals surface area contributed by atoms with Gasteiger partial charge in [0.2, 0.25) is 10.0 Å². The van der Waals surface area contributed by atoms with E-state index in [2.05, 4.69) is 19.9 Å². The van der Waals surface area contributed by atoms with Crippen LogP contribution >= 0.6 is 11.3 Å². The minimum absolute atomic E-state index is 0.00685. The summed E-state index contributed by atoms with van der Waals surface area (Å²) in [6.07, 6.45) is 2.48. The van der Waals surface area contributed by atoms with Gasteiger partial charge in [-0.3, -0.25) is 4.98 Å². The molecule has 0 saturated carbocycles. The smallest absolute Gasteiger partial charge is 0.328 e. The Morgan fingerprint density at radius 1 is 1.00 bits per heavy atom. The second kappa shape index (κ2) is 11.7. The molecule has 4 N–H and O–H groups in total. The Morgan fingerprint density at radius 2 is 1.69 bits per heavy atom. The Kier molecular flexibility index (Phi) is 8.40. The molecule has 0 unspecified atom stereocenters. The van der Waals surface area contributed by atoms with Crippen molar-refractivity contribution in [2.24, 2.45) is 0 Å². The number of hydrogen-bond donors (Lipinski definition) is 4. The number of carboxylic acids is 2. The summed E-state index contributed by atoms with van der Waals surface area (Å²) < 4.78 is 27.4. The number of sulfonamides is 1. The average Bonchev–Trinajstić information content (AvgIpc) is 3.55. The van der Waals surface area contributed by atoms with E-state index in [-0.39, 0.29) is 10.8 Å². The second-order valence-corrected chi connectivity index (χ2v) is 11.2. The fourth-order valence-corrected chi connectivity index (χ4v) is 5.88. The highest BCUT2D eigenvalue weighted by Gasteiger charge is 2.28. The third-order valence-electron chi connectivity index (χ3n) is 5.97. The summed E-state index contributed by atoms with van der Waals surface area (Å²) in [6.45, 7) is 2.33. The van der Waals surface area contributed by atoms with Gasteiger partial charge in [0, 0.05) is 66.4 Å². The SMILES string of the molecule is CN1CCN(S(=O)(=O)c2ccc(-c3c(O)[nH]c4ccc(-c5cscn5)cc34)nc2)CC1.O=C(O)/C=C/C(=O)O. The van der Waals surface area contributed by atoms with Crippen LogP contribution in [0.5, 0.6) is 5.88 Å². The number of benzene rings is 1. The maximum absolute atomic E-state index is 13.0. The minimum Gasteiger partial charge on any atom is -0.494 e. The number of rotatable bonds is 6. The van der Waals surface area contributed by atoms with E-state index in [1.165, 1.54) is 21.8 Å². The molecule has 14 heteroatoms. The van der Waals surface area contributed by atoms with Crippen molar-refractivity contribution >= 4 is 44.2 Å². The molecule has 0 spiro atoms. The van der Waals surface area contributed by atoms with Gasteiger partial charge in [-0.05, 0) is 31.3 Å². The molecule has 4 aromatic rings. The van der Waals surface area contributed by atoms with Gasteiger partial charge < -0.3 is 25.2 Å². The van der Waals surface area contributed by atoms with Crippen molar-refractivity contribution in [3.8, 4) is 28.4 Å². The Hall–Kier alpha value is -4.11. The predicted octanol–water partition coefficient (Wildman–Crippen LogP) is 2.71. The van der Waals surface area contributed by atoms with Crippen LogP contribution in [0.3, 0.4) is 0 Å². The lowest BCUT2D eigenvalue weighted by Gasteiger charge is -2.31. The Morgan fingerprint density at radius 3 is 2.26 bits per heavy atom. The van der Waals surface area contributed by atoms with E-state index in [0.717, 1.165) is 22.2 Å². The summed E-state index contributed by atoms with van der Waals surface area (Å²) in [4.78, 5) is 33.1. The van der Waals surface area contributed by atoms with E-state index < -0.39 is 22.0 Å². The average molecular weight is 572 g/mol. The van der Waals surface area contributed by atoms with Crippen molar-refractivity contribution in [1.82, 2.24) is 24.2 Å². The van der Waals surface area contributed by atoms with Gasteiger partial charge >= 0.3 is 11.9 Å². The Balaban J connectivity index is 0.000000386. The molecule has 0 atom stereocenters. The number of aromatic amines is 1. The number of H-pyrrole nitrogens is 1. The van der Waals surface area contributed by atoms with Crippen molar-refractivity contribution in [1.29, 1.82) is 0 Å². The molecule has 0 bridgehead atoms. The standard InChI is InChI=1S/C21H21N5O3S2.C4H4O4/c1-25-6-8-26(9-7-25)31(28,29)15-3-5-18(22-11-15)20-16-10-14(19-12-30-13-23-19)2-4-17(16)24-21(20)27;5-3(6)1-2-4(7)8/h2-5,10-13,24,27H,6-9H2,1H3;1-2H,(H,5,6)(H,7,8)/b;2-1+. The molecule has 0 aliphatic carbocycles. The zero-order chi connectivity index (χ0) is 28.2. The highest BCUT2D eigenvalue weighted by Crippen LogP contribution is 2.37. The largest absolute Gasteiger partial charge is 0.494 e. The van der Waals surface area contributed by atoms with Crippen LogP contribution in [-0.4, -0.2) is 93.1 Å². The molecule has 1 saturated heterocycles. The van der Waals surface area contributed by atoms with E-state index >= 15 is 0 Å². The van der Waals surface area contributed by atoms with Gasteiger partial charge in [-0.2, -0.15) is 4.31 Å². The topological polar surface area (TPSA) is 177 Å². The number of hydrogen-bond acceptors (Lipinski definition) is 9. The van der Waals surface area contributed by atoms with Crippen molar-refractivity contribution in [3.63, 3.8) is 0 Å². The number of fused-ring (bicyclic) bond motifs is 1. The summed E-state index contributed by atoms with van der Waals surface area (Å²) in [5.74, 6) is -2.52. The van der Waals surface area contributed by atoms with Crippen LogP contribution in [0.25, 0.3) is 33.4 Å². The van der Waals surface area contributed by atoms with Crippen LogP contribution < -0.4 is 0 Å². The van der Waals surface area contributed by atoms with Gasteiger partial charge in [-0.25, -0.2) is 23.0 Å². The molecule has 0 amide bonds. The number of piperazine rings is 1. The Labute approximate surface area is 227 Å². The predicted molar refractivity (Wildman–Crippen MR) is 145 cm³/mol. The van der Waals surface area contributed by atoms with Gasteiger partial charge in [0.1, 0.15) is 4.90 Å². The summed E-state index contributed by atoms with van der Waals surface area (Å²) >= 11 is 1.52. The lowest BCUT2D eigenvalue weighted by Crippen LogP contribution is -2.47. The molecule has 1 aromatic carbocycles. The van der Waals surface area contributed by atoms with Crippen LogP contribution in [0.4, 0.5) is 0 Å².